The molecule has 124 valence electrons. The first-order valence-electron chi connectivity index (χ1n) is 7.88. The van der Waals surface area contributed by atoms with Gasteiger partial charge in [-0.2, -0.15) is 0 Å². The summed E-state index contributed by atoms with van der Waals surface area (Å²) in [5.74, 6) is -1.21. The summed E-state index contributed by atoms with van der Waals surface area (Å²) in [4.78, 5) is 23.5. The molecule has 0 saturated carbocycles. The van der Waals surface area contributed by atoms with Crippen LogP contribution in [0.1, 0.15) is 39.6 Å². The second kappa shape index (κ2) is 6.84. The molecular formula is C19H19NO4. The average Bonchev–Trinajstić information content (AvgIpc) is 2.57. The topological polar surface area (TPSA) is 75.6 Å². The molecule has 1 heterocycles. The number of anilines is 1. The lowest BCUT2D eigenvalue weighted by Gasteiger charge is -2.25. The zero-order valence-corrected chi connectivity index (χ0v) is 13.4. The molecule has 0 aliphatic carbocycles. The van der Waals surface area contributed by atoms with Crippen LogP contribution in [0.5, 0.6) is 0 Å². The molecule has 1 aliphatic heterocycles. The van der Waals surface area contributed by atoms with Crippen LogP contribution in [0.15, 0.2) is 42.5 Å². The average molecular weight is 325 g/mol. The molecule has 0 aromatic heterocycles. The van der Waals surface area contributed by atoms with Crippen LogP contribution < -0.4 is 5.32 Å². The molecule has 5 nitrogen and oxygen atoms in total. The summed E-state index contributed by atoms with van der Waals surface area (Å²) in [7, 11) is 0. The zero-order chi connectivity index (χ0) is 17.1. The van der Waals surface area contributed by atoms with Crippen molar-refractivity contribution in [2.24, 2.45) is 0 Å². The molecule has 0 fully saturated rings. The van der Waals surface area contributed by atoms with Crippen molar-refractivity contribution in [2.75, 3.05) is 11.9 Å². The van der Waals surface area contributed by atoms with E-state index in [0.29, 0.717) is 12.3 Å². The van der Waals surface area contributed by atoms with Crippen LogP contribution in [0.2, 0.25) is 0 Å². The number of hydrogen-bond donors (Lipinski definition) is 2. The molecule has 2 aromatic rings. The number of benzene rings is 2. The lowest BCUT2D eigenvalue weighted by molar-refractivity contribution is -0.119. The van der Waals surface area contributed by atoms with E-state index >= 15 is 0 Å². The smallest absolute Gasteiger partial charge is 0.335 e. The van der Waals surface area contributed by atoms with Gasteiger partial charge in [0, 0.05) is 5.69 Å². The number of carboxylic acids is 1. The molecule has 3 rings (SSSR count). The quantitative estimate of drug-likeness (QED) is 0.904. The standard InChI is InChI=1S/C19H19NO4/c1-12-6-7-14(19(22)23)10-16(12)20-18(21)11-17-15-5-3-2-4-13(15)8-9-24-17/h2-7,10,17H,8-9,11H2,1H3,(H,20,21)(H,22,23). The number of rotatable bonds is 4. The summed E-state index contributed by atoms with van der Waals surface area (Å²) < 4.78 is 5.75. The number of ether oxygens (including phenoxy) is 1. The second-order valence-electron chi connectivity index (χ2n) is 5.90. The Kier molecular flexibility index (Phi) is 4.62. The third-order valence-electron chi connectivity index (χ3n) is 4.22. The van der Waals surface area contributed by atoms with Gasteiger partial charge in [-0.1, -0.05) is 30.3 Å². The third-order valence-corrected chi connectivity index (χ3v) is 4.22. The van der Waals surface area contributed by atoms with Gasteiger partial charge in [0.25, 0.3) is 0 Å². The first-order valence-corrected chi connectivity index (χ1v) is 7.88. The Morgan fingerprint density at radius 2 is 2.04 bits per heavy atom. The lowest BCUT2D eigenvalue weighted by atomic mass is 9.95. The number of aromatic carboxylic acids is 1. The molecule has 5 heteroatoms. The van der Waals surface area contributed by atoms with Crippen LogP contribution in [0.25, 0.3) is 0 Å². The van der Waals surface area contributed by atoms with Crippen molar-refractivity contribution in [2.45, 2.75) is 25.9 Å². The van der Waals surface area contributed by atoms with Crippen molar-refractivity contribution in [3.05, 3.63) is 64.7 Å². The molecular weight excluding hydrogens is 306 g/mol. The van der Waals surface area contributed by atoms with Gasteiger partial charge in [-0.05, 0) is 42.2 Å². The minimum absolute atomic E-state index is 0.148. The molecule has 0 radical (unpaired) electrons. The summed E-state index contributed by atoms with van der Waals surface area (Å²) in [6, 6.07) is 12.7. The molecule has 24 heavy (non-hydrogen) atoms. The largest absolute Gasteiger partial charge is 0.478 e. The highest BCUT2D eigenvalue weighted by Crippen LogP contribution is 2.30. The van der Waals surface area contributed by atoms with Gasteiger partial charge in [-0.3, -0.25) is 4.79 Å². The molecule has 1 amide bonds. The highest BCUT2D eigenvalue weighted by atomic mass is 16.5. The number of hydrogen-bond acceptors (Lipinski definition) is 3. The maximum Gasteiger partial charge on any atom is 0.335 e. The van der Waals surface area contributed by atoms with Crippen molar-refractivity contribution in [3.8, 4) is 0 Å². The first kappa shape index (κ1) is 16.2. The molecule has 2 N–H and O–H groups in total. The highest BCUT2D eigenvalue weighted by molar-refractivity contribution is 5.95. The van der Waals surface area contributed by atoms with Gasteiger partial charge in [-0.25, -0.2) is 4.79 Å². The van der Waals surface area contributed by atoms with Gasteiger partial charge in [0.05, 0.1) is 24.7 Å². The number of nitrogens with one attached hydrogen (secondary N) is 1. The maximum atomic E-state index is 12.4. The monoisotopic (exact) mass is 325 g/mol. The van der Waals surface area contributed by atoms with Gasteiger partial charge >= 0.3 is 5.97 Å². The SMILES string of the molecule is Cc1ccc(C(=O)O)cc1NC(=O)CC1OCCc2ccccc21. The summed E-state index contributed by atoms with van der Waals surface area (Å²) in [5, 5.41) is 11.9. The predicted molar refractivity (Wildman–Crippen MR) is 90.2 cm³/mol. The normalized spacial score (nSPS) is 16.3. The lowest BCUT2D eigenvalue weighted by Crippen LogP contribution is -2.22. The van der Waals surface area contributed by atoms with Gasteiger partial charge in [0.2, 0.25) is 5.91 Å². The van der Waals surface area contributed by atoms with E-state index in [1.54, 1.807) is 6.07 Å². The number of fused-ring (bicyclic) bond motifs is 1. The van der Waals surface area contributed by atoms with E-state index in [-0.39, 0.29) is 24.0 Å². The zero-order valence-electron chi connectivity index (χ0n) is 13.4. The Hall–Kier alpha value is -2.66. The minimum atomic E-state index is -1.02. The summed E-state index contributed by atoms with van der Waals surface area (Å²) in [6.07, 6.45) is 0.792. The molecule has 0 spiro atoms. The predicted octanol–water partition coefficient (Wildman–Crippen LogP) is 3.34. The maximum absolute atomic E-state index is 12.4. The van der Waals surface area contributed by atoms with Gasteiger partial charge < -0.3 is 15.2 Å². The van der Waals surface area contributed by atoms with Crippen LogP contribution in [0.4, 0.5) is 5.69 Å². The minimum Gasteiger partial charge on any atom is -0.478 e. The molecule has 0 saturated heterocycles. The fourth-order valence-electron chi connectivity index (χ4n) is 2.91. The van der Waals surface area contributed by atoms with Gasteiger partial charge in [0.15, 0.2) is 0 Å². The van der Waals surface area contributed by atoms with Gasteiger partial charge in [0.1, 0.15) is 0 Å². The van der Waals surface area contributed by atoms with E-state index in [9.17, 15) is 9.59 Å². The Morgan fingerprint density at radius 3 is 2.83 bits per heavy atom. The molecule has 1 unspecified atom stereocenters. The summed E-state index contributed by atoms with van der Waals surface area (Å²) >= 11 is 0. The number of amides is 1. The van der Waals surface area contributed by atoms with Crippen LogP contribution in [-0.4, -0.2) is 23.6 Å². The summed E-state index contributed by atoms with van der Waals surface area (Å²) in [6.45, 7) is 2.43. The van der Waals surface area contributed by atoms with E-state index in [4.69, 9.17) is 9.84 Å². The second-order valence-corrected chi connectivity index (χ2v) is 5.90. The number of carbonyl (C=O) groups excluding carboxylic acids is 1. The van der Waals surface area contributed by atoms with E-state index in [1.165, 1.54) is 17.7 Å². The van der Waals surface area contributed by atoms with Crippen molar-refractivity contribution in [1.29, 1.82) is 0 Å². The van der Waals surface area contributed by atoms with Crippen molar-refractivity contribution in [1.82, 2.24) is 0 Å². The fourth-order valence-corrected chi connectivity index (χ4v) is 2.91. The molecule has 1 atom stereocenters. The van der Waals surface area contributed by atoms with Crippen molar-refractivity contribution in [3.63, 3.8) is 0 Å². The van der Waals surface area contributed by atoms with E-state index in [0.717, 1.165) is 17.5 Å². The van der Waals surface area contributed by atoms with E-state index in [2.05, 4.69) is 11.4 Å². The summed E-state index contributed by atoms with van der Waals surface area (Å²) in [5.41, 5.74) is 3.75. The Bertz CT molecular complexity index is 785. The van der Waals surface area contributed by atoms with Crippen LogP contribution >= 0.6 is 0 Å². The van der Waals surface area contributed by atoms with Crippen LogP contribution in [-0.2, 0) is 16.0 Å². The fraction of sp³-hybridized carbons (Fsp3) is 0.263. The molecule has 2 aromatic carbocycles. The molecule has 1 aliphatic rings. The first-order chi connectivity index (χ1) is 11.5. The van der Waals surface area contributed by atoms with E-state index < -0.39 is 5.97 Å². The highest BCUT2D eigenvalue weighted by Gasteiger charge is 2.23. The van der Waals surface area contributed by atoms with Crippen LogP contribution in [0, 0.1) is 6.92 Å². The van der Waals surface area contributed by atoms with Crippen molar-refractivity contribution >= 4 is 17.6 Å². The Labute approximate surface area is 140 Å². The Morgan fingerprint density at radius 1 is 1.25 bits per heavy atom. The molecule has 0 bridgehead atoms. The van der Waals surface area contributed by atoms with Crippen LogP contribution in [0.3, 0.4) is 0 Å². The van der Waals surface area contributed by atoms with E-state index in [1.807, 2.05) is 25.1 Å². The number of carbonyl (C=O) groups is 2. The third kappa shape index (κ3) is 3.46. The van der Waals surface area contributed by atoms with Crippen molar-refractivity contribution < 1.29 is 19.4 Å². The van der Waals surface area contributed by atoms with Gasteiger partial charge in [-0.15, -0.1) is 0 Å². The Balaban J connectivity index is 1.73. The number of aryl methyl sites for hydroxylation is 1. The number of carboxylic acid groups (broad SMARTS) is 1.